The van der Waals surface area contributed by atoms with E-state index < -0.39 is 28.6 Å². The SMILES string of the molecule is Cl.Cl.Cl.Cl.O=C(NCCNCCNC(=O)c1cnc2ccccc2c1)c1cc(C(=O)NCCNCCNC(=O)c2cnc3ccccc3c2)cc(N2C(=O)c3cccc4cc([N+](=O)[O-])cc(c34)C2=O)c1. The van der Waals surface area contributed by atoms with E-state index in [2.05, 4.69) is 41.9 Å². The lowest BCUT2D eigenvalue weighted by Crippen LogP contribution is -2.41. The second-order valence-corrected chi connectivity index (χ2v) is 15.2. The maximum atomic E-state index is 14.1. The summed E-state index contributed by atoms with van der Waals surface area (Å²) in [6.45, 7) is 2.28. The van der Waals surface area contributed by atoms with Crippen molar-refractivity contribution in [2.75, 3.05) is 57.3 Å². The Morgan fingerprint density at radius 3 is 1.39 bits per heavy atom. The fourth-order valence-electron chi connectivity index (χ4n) is 7.54. The van der Waals surface area contributed by atoms with E-state index in [1.807, 2.05) is 48.5 Å². The molecule has 364 valence electrons. The van der Waals surface area contributed by atoms with Gasteiger partial charge in [0.25, 0.3) is 41.1 Å². The van der Waals surface area contributed by atoms with Crippen molar-refractivity contribution in [3.05, 3.63) is 165 Å². The summed E-state index contributed by atoms with van der Waals surface area (Å²) in [6.07, 6.45) is 3.03. The molecule has 22 heteroatoms. The summed E-state index contributed by atoms with van der Waals surface area (Å²) in [6, 6.07) is 29.5. The number of nitrogens with one attached hydrogen (secondary N) is 6. The predicted octanol–water partition coefficient (Wildman–Crippen LogP) is 5.83. The predicted molar refractivity (Wildman–Crippen MR) is 276 cm³/mol. The molecule has 0 saturated carbocycles. The third-order valence-corrected chi connectivity index (χ3v) is 10.8. The topological polar surface area (TPSA) is 247 Å². The number of hydrogen-bond acceptors (Lipinski definition) is 12. The Kier molecular flexibility index (Phi) is 20.0. The van der Waals surface area contributed by atoms with Crippen LogP contribution >= 0.6 is 49.6 Å². The molecule has 0 bridgehead atoms. The normalized spacial score (nSPS) is 11.3. The molecule has 18 nitrogen and oxygen atoms in total. The number of fused-ring (bicyclic) bond motifs is 2. The van der Waals surface area contributed by atoms with E-state index >= 15 is 0 Å². The molecule has 8 rings (SSSR count). The van der Waals surface area contributed by atoms with Crippen molar-refractivity contribution in [3.63, 3.8) is 0 Å². The van der Waals surface area contributed by atoms with Crippen LogP contribution in [0.1, 0.15) is 62.1 Å². The second kappa shape index (κ2) is 25.3. The van der Waals surface area contributed by atoms with Crippen LogP contribution in [0.5, 0.6) is 0 Å². The maximum absolute atomic E-state index is 14.1. The number of amides is 6. The number of aromatic nitrogens is 2. The zero-order valence-electron chi connectivity index (χ0n) is 36.9. The number of benzene rings is 5. The minimum atomic E-state index is -0.863. The molecular weight excluding hydrogens is 986 g/mol. The van der Waals surface area contributed by atoms with Crippen molar-refractivity contribution in [1.29, 1.82) is 0 Å². The Balaban J connectivity index is 0.00000266. The number of para-hydroxylation sites is 2. The fraction of sp³-hybridized carbons (Fsp3) is 0.167. The van der Waals surface area contributed by atoms with Gasteiger partial charge in [-0.3, -0.25) is 48.8 Å². The number of hydrogen-bond donors (Lipinski definition) is 6. The average Bonchev–Trinajstić information content (AvgIpc) is 3.34. The van der Waals surface area contributed by atoms with E-state index in [0.717, 1.165) is 32.8 Å². The van der Waals surface area contributed by atoms with Gasteiger partial charge >= 0.3 is 0 Å². The van der Waals surface area contributed by atoms with E-state index in [9.17, 15) is 38.9 Å². The van der Waals surface area contributed by atoms with Crippen molar-refractivity contribution in [2.24, 2.45) is 0 Å². The van der Waals surface area contributed by atoms with Gasteiger partial charge in [-0.25, -0.2) is 4.90 Å². The Morgan fingerprint density at radius 1 is 0.486 bits per heavy atom. The van der Waals surface area contributed by atoms with Gasteiger partial charge in [0.05, 0.1) is 38.3 Å². The summed E-state index contributed by atoms with van der Waals surface area (Å²) in [5.74, 6) is -3.37. The lowest BCUT2D eigenvalue weighted by Gasteiger charge is -2.27. The molecule has 0 aliphatic carbocycles. The van der Waals surface area contributed by atoms with Gasteiger partial charge in [-0.15, -0.1) is 49.6 Å². The number of nitro benzene ring substituents is 1. The lowest BCUT2D eigenvalue weighted by molar-refractivity contribution is -0.384. The number of nitrogens with zero attached hydrogens (tertiary/aromatic N) is 4. The number of halogens is 4. The number of non-ortho nitro benzene ring substituents is 1. The summed E-state index contributed by atoms with van der Waals surface area (Å²) >= 11 is 0. The van der Waals surface area contributed by atoms with Crippen molar-refractivity contribution in [2.45, 2.75) is 0 Å². The minimum absolute atomic E-state index is 0. The van der Waals surface area contributed by atoms with Gasteiger partial charge in [0.1, 0.15) is 0 Å². The summed E-state index contributed by atoms with van der Waals surface area (Å²) < 4.78 is 0. The van der Waals surface area contributed by atoms with Crippen molar-refractivity contribution in [3.8, 4) is 0 Å². The van der Waals surface area contributed by atoms with Gasteiger partial charge in [0.2, 0.25) is 0 Å². The van der Waals surface area contributed by atoms with E-state index in [0.29, 0.717) is 55.8 Å². The Hall–Kier alpha value is -7.32. The molecule has 3 heterocycles. The number of nitro groups is 1. The van der Waals surface area contributed by atoms with E-state index in [4.69, 9.17) is 0 Å². The average molecular weight is 1030 g/mol. The van der Waals surface area contributed by atoms with Gasteiger partial charge in [-0.2, -0.15) is 0 Å². The summed E-state index contributed by atoms with van der Waals surface area (Å²) in [5, 5.41) is 31.6. The smallest absolute Gasteiger partial charge is 0.270 e. The van der Waals surface area contributed by atoms with Gasteiger partial charge in [-0.05, 0) is 53.9 Å². The number of pyridine rings is 2. The van der Waals surface area contributed by atoms with Crippen LogP contribution in [0.25, 0.3) is 32.6 Å². The monoisotopic (exact) mass is 1030 g/mol. The molecule has 6 N–H and O–H groups in total. The number of carbonyl (C=O) groups excluding carboxylic acids is 6. The van der Waals surface area contributed by atoms with E-state index in [-0.39, 0.29) is 114 Å². The maximum Gasteiger partial charge on any atom is 0.270 e. The van der Waals surface area contributed by atoms with Gasteiger partial charge in [-0.1, -0.05) is 48.5 Å². The molecule has 70 heavy (non-hydrogen) atoms. The highest BCUT2D eigenvalue weighted by atomic mass is 35.5. The summed E-state index contributed by atoms with van der Waals surface area (Å²) in [5.41, 5.74) is 1.95. The Morgan fingerprint density at radius 2 is 0.914 bits per heavy atom. The summed E-state index contributed by atoms with van der Waals surface area (Å²) in [7, 11) is 0. The van der Waals surface area contributed by atoms with Gasteiger partial charge in [0.15, 0.2) is 0 Å². The molecule has 6 amide bonds. The molecule has 1 aliphatic rings. The second-order valence-electron chi connectivity index (χ2n) is 15.2. The third-order valence-electron chi connectivity index (χ3n) is 10.8. The van der Waals surface area contributed by atoms with Crippen LogP contribution in [0.15, 0.2) is 122 Å². The number of anilines is 1. The molecule has 5 aromatic carbocycles. The zero-order valence-corrected chi connectivity index (χ0v) is 40.2. The van der Waals surface area contributed by atoms with Crippen LogP contribution < -0.4 is 36.8 Å². The largest absolute Gasteiger partial charge is 0.351 e. The zero-order chi connectivity index (χ0) is 46.2. The molecule has 0 saturated heterocycles. The molecule has 0 unspecified atom stereocenters. The fourth-order valence-corrected chi connectivity index (χ4v) is 7.54. The number of rotatable bonds is 18. The van der Waals surface area contributed by atoms with Crippen molar-refractivity contribution < 1.29 is 33.7 Å². The first kappa shape index (κ1) is 55.3. The molecule has 0 spiro atoms. The summed E-state index contributed by atoms with van der Waals surface area (Å²) in [4.78, 5) is 101. The van der Waals surface area contributed by atoms with Crippen LogP contribution in [-0.4, -0.2) is 103 Å². The highest BCUT2D eigenvalue weighted by Gasteiger charge is 2.36. The first-order chi connectivity index (χ1) is 32.0. The molecular formula is C48H46Cl4N10O8. The number of carbonyl (C=O) groups is 6. The van der Waals surface area contributed by atoms with E-state index in [1.165, 1.54) is 42.7 Å². The van der Waals surface area contributed by atoms with Crippen LogP contribution in [0.3, 0.4) is 0 Å². The molecule has 0 fully saturated rings. The van der Waals surface area contributed by atoms with Crippen LogP contribution in [0, 0.1) is 10.1 Å². The number of imide groups is 1. The molecule has 2 aromatic heterocycles. The Labute approximate surface area is 424 Å². The highest BCUT2D eigenvalue weighted by Crippen LogP contribution is 2.36. The minimum Gasteiger partial charge on any atom is -0.351 e. The highest BCUT2D eigenvalue weighted by molar-refractivity contribution is 6.36. The molecule has 1 aliphatic heterocycles. The molecule has 7 aromatic rings. The standard InChI is InChI=1S/C48H42N10O8.4ClH/c59-43(51-16-12-49-14-18-53-45(61)34-20-29-6-1-3-10-40(29)55-27-34)32-22-33(44(60)52-17-13-50-15-19-54-46(62)35-21-30-7-2-4-11-41(30)56-28-35)25-36(24-32)57-47(63)38-9-5-8-31-23-37(58(65)66)26-39(42(31)38)48(57)64;;;;/h1-11,20-28,49-50H,12-19H2,(H,51,59)(H,52,60)(H,53,61)(H,54,62);4*1H. The van der Waals surface area contributed by atoms with Crippen molar-refractivity contribution >= 4 is 129 Å². The van der Waals surface area contributed by atoms with Crippen LogP contribution in [-0.2, 0) is 0 Å². The first-order valence-electron chi connectivity index (χ1n) is 21.0. The molecule has 0 radical (unpaired) electrons. The van der Waals surface area contributed by atoms with Crippen LogP contribution in [0.4, 0.5) is 11.4 Å². The van der Waals surface area contributed by atoms with Gasteiger partial charge < -0.3 is 31.9 Å². The lowest BCUT2D eigenvalue weighted by atomic mass is 9.92. The first-order valence-corrected chi connectivity index (χ1v) is 21.0. The van der Waals surface area contributed by atoms with Crippen molar-refractivity contribution in [1.82, 2.24) is 41.9 Å². The van der Waals surface area contributed by atoms with Crippen LogP contribution in [0.2, 0.25) is 0 Å². The quantitative estimate of drug-likeness (QED) is 0.0257. The Bertz CT molecular complexity index is 2970. The van der Waals surface area contributed by atoms with Gasteiger partial charge in [0, 0.05) is 110 Å². The van der Waals surface area contributed by atoms with E-state index in [1.54, 1.807) is 24.3 Å². The molecule has 0 atom stereocenters. The third kappa shape index (κ3) is 12.7.